The maximum Gasteiger partial charge on any atom is 0.259 e. The second kappa shape index (κ2) is 12.2. The predicted molar refractivity (Wildman–Crippen MR) is 167 cm³/mol. The van der Waals surface area contributed by atoms with Crippen LogP contribution in [-0.4, -0.2) is 76.5 Å². The Labute approximate surface area is 249 Å². The normalized spacial score (nSPS) is 17.8. The van der Waals surface area contributed by atoms with Crippen molar-refractivity contribution in [2.45, 2.75) is 25.8 Å². The number of thioether (sulfide) groups is 1. The molecular weight excluding hydrogens is 548 g/mol. The number of para-hydroxylation sites is 3. The van der Waals surface area contributed by atoms with Crippen LogP contribution in [0.4, 0.5) is 17.1 Å². The molecule has 0 radical (unpaired) electrons. The van der Waals surface area contributed by atoms with Crippen LogP contribution in [0.3, 0.4) is 0 Å². The van der Waals surface area contributed by atoms with Crippen molar-refractivity contribution in [2.24, 2.45) is 9.98 Å². The van der Waals surface area contributed by atoms with Crippen LogP contribution in [0.5, 0.6) is 0 Å². The van der Waals surface area contributed by atoms with Crippen LogP contribution in [-0.2, 0) is 14.4 Å². The third kappa shape index (κ3) is 5.80. The molecule has 3 heterocycles. The molecule has 9 nitrogen and oxygen atoms in total. The van der Waals surface area contributed by atoms with E-state index in [1.807, 2.05) is 78.6 Å². The van der Waals surface area contributed by atoms with Crippen LogP contribution in [0.25, 0.3) is 0 Å². The van der Waals surface area contributed by atoms with E-state index in [-0.39, 0.29) is 29.9 Å². The lowest BCUT2D eigenvalue weighted by atomic mass is 10.1. The molecule has 0 aromatic heterocycles. The average molecular weight is 581 g/mol. The van der Waals surface area contributed by atoms with Gasteiger partial charge in [-0.3, -0.25) is 19.4 Å². The van der Waals surface area contributed by atoms with E-state index in [1.165, 1.54) is 16.7 Å². The Kier molecular flexibility index (Phi) is 8.05. The first-order chi connectivity index (χ1) is 20.5. The number of nitrogens with zero attached hydrogens (tertiary/aromatic N) is 5. The van der Waals surface area contributed by atoms with E-state index in [0.717, 1.165) is 35.6 Å². The topological polar surface area (TPSA) is 97.7 Å². The zero-order valence-electron chi connectivity index (χ0n) is 23.4. The lowest BCUT2D eigenvalue weighted by Gasteiger charge is -2.36. The van der Waals surface area contributed by atoms with Gasteiger partial charge in [0.05, 0.1) is 11.4 Å². The fraction of sp³-hybridized carbons (Fsp3) is 0.281. The van der Waals surface area contributed by atoms with Gasteiger partial charge in [-0.25, -0.2) is 9.89 Å². The standard InChI is InChI=1S/C32H32N6O3S/c1-22-9-5-7-13-25(22)33-28(39)21-42-32-35-26-14-8-6-12-24(26)30-34-27(31(41)38(30)32)15-16-29(40)37-19-17-36(18-20-37)23-10-3-2-4-11-23/h2-14,27H,15-21H2,1H3,(H,33,39)/t27-/m0/s1. The molecule has 0 bridgehead atoms. The summed E-state index contributed by atoms with van der Waals surface area (Å²) in [4.78, 5) is 54.6. The first-order valence-electron chi connectivity index (χ1n) is 14.1. The highest BCUT2D eigenvalue weighted by Crippen LogP contribution is 2.34. The summed E-state index contributed by atoms with van der Waals surface area (Å²) in [5.41, 5.74) is 4.36. The number of carbonyl (C=O) groups is 3. The average Bonchev–Trinajstić information content (AvgIpc) is 3.36. The van der Waals surface area contributed by atoms with Crippen molar-refractivity contribution in [3.8, 4) is 0 Å². The lowest BCUT2D eigenvalue weighted by Crippen LogP contribution is -2.49. The molecule has 214 valence electrons. The van der Waals surface area contributed by atoms with Crippen LogP contribution >= 0.6 is 11.8 Å². The molecule has 3 aromatic rings. The molecule has 3 aliphatic rings. The van der Waals surface area contributed by atoms with Crippen LogP contribution in [0, 0.1) is 6.92 Å². The molecule has 6 rings (SSSR count). The number of amides is 3. The molecular formula is C32H32N6O3S. The van der Waals surface area contributed by atoms with Gasteiger partial charge in [-0.2, -0.15) is 0 Å². The SMILES string of the molecule is Cc1ccccc1NC(=O)CSC1=Nc2ccccc2C2=N[C@@H](CCC(=O)N3CCN(c4ccccc4)CC3)C(=O)N12. The van der Waals surface area contributed by atoms with Crippen molar-refractivity contribution in [1.29, 1.82) is 0 Å². The number of fused-ring (bicyclic) bond motifs is 3. The molecule has 0 saturated carbocycles. The number of hydrogen-bond acceptors (Lipinski definition) is 7. The number of benzene rings is 3. The van der Waals surface area contributed by atoms with Crippen LogP contribution in [0.1, 0.15) is 24.0 Å². The van der Waals surface area contributed by atoms with E-state index in [1.54, 1.807) is 0 Å². The molecule has 3 aromatic carbocycles. The van der Waals surface area contributed by atoms with Gasteiger partial charge >= 0.3 is 0 Å². The Morgan fingerprint density at radius 2 is 1.64 bits per heavy atom. The number of anilines is 2. The van der Waals surface area contributed by atoms with Crippen molar-refractivity contribution < 1.29 is 14.4 Å². The largest absolute Gasteiger partial charge is 0.368 e. The summed E-state index contributed by atoms with van der Waals surface area (Å²) in [6, 6.07) is 24.7. The number of hydrogen-bond donors (Lipinski definition) is 1. The highest BCUT2D eigenvalue weighted by Gasteiger charge is 2.41. The summed E-state index contributed by atoms with van der Waals surface area (Å²) >= 11 is 1.20. The van der Waals surface area contributed by atoms with Crippen LogP contribution in [0.2, 0.25) is 0 Å². The van der Waals surface area contributed by atoms with Gasteiger partial charge in [0.1, 0.15) is 11.9 Å². The molecule has 1 fully saturated rings. The van der Waals surface area contributed by atoms with Crippen molar-refractivity contribution in [1.82, 2.24) is 9.80 Å². The van der Waals surface area contributed by atoms with Gasteiger partial charge in [0.15, 0.2) is 5.17 Å². The Hall–Kier alpha value is -4.44. The number of nitrogens with one attached hydrogen (secondary N) is 1. The Morgan fingerprint density at radius 3 is 2.43 bits per heavy atom. The number of rotatable bonds is 7. The molecule has 0 aliphatic carbocycles. The van der Waals surface area contributed by atoms with Crippen LogP contribution in [0.15, 0.2) is 88.8 Å². The van der Waals surface area contributed by atoms with Crippen molar-refractivity contribution in [3.05, 3.63) is 90.0 Å². The van der Waals surface area contributed by atoms with E-state index in [2.05, 4.69) is 22.3 Å². The molecule has 3 amide bonds. The van der Waals surface area contributed by atoms with E-state index in [0.29, 0.717) is 36.2 Å². The third-order valence-corrected chi connectivity index (χ3v) is 8.62. The third-order valence-electron chi connectivity index (χ3n) is 7.68. The first-order valence-corrected chi connectivity index (χ1v) is 15.1. The van der Waals surface area contributed by atoms with Gasteiger partial charge in [0.2, 0.25) is 11.8 Å². The van der Waals surface area contributed by atoms with E-state index >= 15 is 0 Å². The van der Waals surface area contributed by atoms with Gasteiger partial charge in [0.25, 0.3) is 5.91 Å². The minimum Gasteiger partial charge on any atom is -0.368 e. The van der Waals surface area contributed by atoms with E-state index in [9.17, 15) is 14.4 Å². The van der Waals surface area contributed by atoms with Gasteiger partial charge in [-0.05, 0) is 49.2 Å². The fourth-order valence-electron chi connectivity index (χ4n) is 5.39. The molecule has 1 N–H and O–H groups in total. The first kappa shape index (κ1) is 27.7. The summed E-state index contributed by atoms with van der Waals surface area (Å²) in [6.07, 6.45) is 0.566. The molecule has 1 atom stereocenters. The summed E-state index contributed by atoms with van der Waals surface area (Å²) < 4.78 is 0. The Bertz CT molecular complexity index is 1570. The summed E-state index contributed by atoms with van der Waals surface area (Å²) in [6.45, 7) is 4.79. The highest BCUT2D eigenvalue weighted by atomic mass is 32.2. The molecule has 3 aliphatic heterocycles. The Morgan fingerprint density at radius 1 is 0.929 bits per heavy atom. The molecule has 0 spiro atoms. The summed E-state index contributed by atoms with van der Waals surface area (Å²) in [5, 5.41) is 3.35. The lowest BCUT2D eigenvalue weighted by molar-refractivity contribution is -0.132. The quantitative estimate of drug-likeness (QED) is 0.445. The number of piperazine rings is 1. The van der Waals surface area contributed by atoms with E-state index < -0.39 is 6.04 Å². The zero-order chi connectivity index (χ0) is 29.1. The number of aliphatic imine (C=N–C) groups is 2. The minimum atomic E-state index is -0.674. The summed E-state index contributed by atoms with van der Waals surface area (Å²) in [7, 11) is 0. The number of amidine groups is 2. The van der Waals surface area contributed by atoms with Gasteiger partial charge in [-0.15, -0.1) is 0 Å². The van der Waals surface area contributed by atoms with Gasteiger partial charge < -0.3 is 15.1 Å². The zero-order valence-corrected chi connectivity index (χ0v) is 24.2. The number of aryl methyl sites for hydroxylation is 1. The Balaban J connectivity index is 1.09. The van der Waals surface area contributed by atoms with Gasteiger partial charge in [-0.1, -0.05) is 60.3 Å². The number of carbonyl (C=O) groups excluding carboxylic acids is 3. The van der Waals surface area contributed by atoms with Gasteiger partial charge in [0, 0.05) is 49.5 Å². The molecule has 0 unspecified atom stereocenters. The molecule has 10 heteroatoms. The minimum absolute atomic E-state index is 0.0390. The maximum absolute atomic E-state index is 13.6. The molecule has 1 saturated heterocycles. The second-order valence-electron chi connectivity index (χ2n) is 10.4. The van der Waals surface area contributed by atoms with Crippen LogP contribution < -0.4 is 10.2 Å². The maximum atomic E-state index is 13.6. The highest BCUT2D eigenvalue weighted by molar-refractivity contribution is 8.14. The fourth-order valence-corrected chi connectivity index (χ4v) is 6.19. The van der Waals surface area contributed by atoms with Crippen molar-refractivity contribution in [3.63, 3.8) is 0 Å². The van der Waals surface area contributed by atoms with E-state index in [4.69, 9.17) is 9.98 Å². The van der Waals surface area contributed by atoms with Crippen molar-refractivity contribution in [2.75, 3.05) is 42.1 Å². The smallest absolute Gasteiger partial charge is 0.259 e. The summed E-state index contributed by atoms with van der Waals surface area (Å²) in [5.74, 6) is 0.255. The predicted octanol–water partition coefficient (Wildman–Crippen LogP) is 4.45. The second-order valence-corrected chi connectivity index (χ2v) is 11.4. The molecule has 42 heavy (non-hydrogen) atoms. The van der Waals surface area contributed by atoms with Crippen molar-refractivity contribution >= 4 is 57.5 Å². The monoisotopic (exact) mass is 580 g/mol.